The summed E-state index contributed by atoms with van der Waals surface area (Å²) in [4.78, 5) is 31.5. The van der Waals surface area contributed by atoms with Gasteiger partial charge in [0, 0.05) is 50.4 Å². The molecule has 1 aliphatic carbocycles. The van der Waals surface area contributed by atoms with Crippen molar-refractivity contribution in [1.82, 2.24) is 19.6 Å². The molecule has 2 aromatic rings. The number of likely N-dealkylation sites (tertiary alicyclic amines) is 1. The molecule has 0 saturated carbocycles. The zero-order chi connectivity index (χ0) is 27.2. The molecule has 0 spiro atoms. The fourth-order valence-electron chi connectivity index (χ4n) is 5.77. The number of alkyl halides is 3. The first-order valence-electron chi connectivity index (χ1n) is 13.2. The highest BCUT2D eigenvalue weighted by Gasteiger charge is 2.44. The maximum absolute atomic E-state index is 15.1. The molecule has 8 nitrogen and oxygen atoms in total. The molecule has 2 aliphatic heterocycles. The highest BCUT2D eigenvalue weighted by atomic mass is 19.3. The molecule has 2 fully saturated rings. The molecule has 206 valence electrons. The van der Waals surface area contributed by atoms with Gasteiger partial charge in [-0.2, -0.15) is 13.9 Å². The van der Waals surface area contributed by atoms with Crippen LogP contribution >= 0.6 is 0 Å². The zero-order valence-corrected chi connectivity index (χ0v) is 21.8. The number of benzene rings is 1. The summed E-state index contributed by atoms with van der Waals surface area (Å²) in [6.45, 7) is 5.68. The van der Waals surface area contributed by atoms with E-state index in [1.807, 2.05) is 6.07 Å². The minimum absolute atomic E-state index is 0.0680. The number of hydrogen-bond acceptors (Lipinski definition) is 5. The van der Waals surface area contributed by atoms with Crippen molar-refractivity contribution in [2.24, 2.45) is 0 Å². The van der Waals surface area contributed by atoms with E-state index in [1.165, 1.54) is 16.0 Å². The maximum atomic E-state index is 15.1. The number of halogens is 3. The molecule has 2 saturated heterocycles. The first kappa shape index (κ1) is 26.5. The molecule has 11 heteroatoms. The number of carbonyl (C=O) groups is 2. The van der Waals surface area contributed by atoms with Crippen LogP contribution in [0.4, 0.5) is 18.9 Å². The second-order valence-electron chi connectivity index (χ2n) is 10.6. The van der Waals surface area contributed by atoms with Crippen LogP contribution < -0.4 is 4.90 Å². The lowest BCUT2D eigenvalue weighted by Crippen LogP contribution is -2.50. The number of piperazine rings is 1. The Labute approximate surface area is 220 Å². The van der Waals surface area contributed by atoms with E-state index in [1.54, 1.807) is 4.90 Å². The summed E-state index contributed by atoms with van der Waals surface area (Å²) < 4.78 is 45.2. The molecule has 1 N–H and O–H groups in total. The van der Waals surface area contributed by atoms with Gasteiger partial charge >= 0.3 is 0 Å². The average molecular weight is 534 g/mol. The third kappa shape index (κ3) is 4.88. The third-order valence-electron chi connectivity index (χ3n) is 8.15. The molecule has 2 atom stereocenters. The van der Waals surface area contributed by atoms with E-state index in [9.17, 15) is 19.1 Å². The van der Waals surface area contributed by atoms with Gasteiger partial charge in [0.15, 0.2) is 5.69 Å². The summed E-state index contributed by atoms with van der Waals surface area (Å²) in [5, 5.41) is 13.9. The predicted molar refractivity (Wildman–Crippen MR) is 135 cm³/mol. The van der Waals surface area contributed by atoms with Gasteiger partial charge in [-0.15, -0.1) is 0 Å². The van der Waals surface area contributed by atoms with E-state index in [0.29, 0.717) is 26.2 Å². The van der Waals surface area contributed by atoms with E-state index in [4.69, 9.17) is 0 Å². The number of aliphatic hydroxyl groups is 1. The monoisotopic (exact) mass is 533 g/mol. The first-order chi connectivity index (χ1) is 18.1. The molecule has 0 unspecified atom stereocenters. The Kier molecular flexibility index (Phi) is 7.15. The number of aromatic nitrogens is 2. The number of aliphatic hydroxyl groups excluding tert-OH is 1. The summed E-state index contributed by atoms with van der Waals surface area (Å²) in [6, 6.07) is 6.13. The third-order valence-corrected chi connectivity index (χ3v) is 8.15. The summed E-state index contributed by atoms with van der Waals surface area (Å²) >= 11 is 0. The van der Waals surface area contributed by atoms with Crippen LogP contribution in [0, 0.1) is 13.8 Å². The number of anilines is 1. The Morgan fingerprint density at radius 1 is 1.11 bits per heavy atom. The number of fused-ring (bicyclic) bond motifs is 1. The highest BCUT2D eigenvalue weighted by Crippen LogP contribution is 2.41. The lowest BCUT2D eigenvalue weighted by atomic mass is 9.92. The van der Waals surface area contributed by atoms with E-state index in [2.05, 4.69) is 36.0 Å². The van der Waals surface area contributed by atoms with Gasteiger partial charge in [-0.25, -0.2) is 4.39 Å². The van der Waals surface area contributed by atoms with Crippen molar-refractivity contribution in [3.8, 4) is 0 Å². The fourth-order valence-corrected chi connectivity index (χ4v) is 5.77. The average Bonchev–Trinajstić information content (AvgIpc) is 3.26. The van der Waals surface area contributed by atoms with Crippen LogP contribution in [-0.4, -0.2) is 88.0 Å². The van der Waals surface area contributed by atoms with Gasteiger partial charge in [-0.1, -0.05) is 12.1 Å². The predicted octanol–water partition coefficient (Wildman–Crippen LogP) is 2.82. The van der Waals surface area contributed by atoms with Crippen LogP contribution in [0.3, 0.4) is 0 Å². The molecule has 5 rings (SSSR count). The van der Waals surface area contributed by atoms with Crippen LogP contribution in [0.2, 0.25) is 0 Å². The largest absolute Gasteiger partial charge is 0.390 e. The van der Waals surface area contributed by atoms with Gasteiger partial charge in [-0.05, 0) is 50.3 Å². The molecule has 38 heavy (non-hydrogen) atoms. The van der Waals surface area contributed by atoms with E-state index in [-0.39, 0.29) is 68.2 Å². The van der Waals surface area contributed by atoms with Crippen molar-refractivity contribution in [3.05, 3.63) is 46.3 Å². The van der Waals surface area contributed by atoms with E-state index < -0.39 is 24.1 Å². The van der Waals surface area contributed by atoms with Gasteiger partial charge in [0.2, 0.25) is 5.91 Å². The molecule has 0 bridgehead atoms. The van der Waals surface area contributed by atoms with Crippen molar-refractivity contribution in [3.63, 3.8) is 0 Å². The zero-order valence-electron chi connectivity index (χ0n) is 21.8. The fraction of sp³-hybridized carbons (Fsp3) is 0.593. The lowest BCUT2D eigenvalue weighted by molar-refractivity contribution is -0.132. The normalized spacial score (nSPS) is 23.4. The summed E-state index contributed by atoms with van der Waals surface area (Å²) in [5.41, 5.74) is 3.12. The molecule has 2 amide bonds. The summed E-state index contributed by atoms with van der Waals surface area (Å²) in [5.74, 6) is -4.19. The molecule has 3 aliphatic rings. The summed E-state index contributed by atoms with van der Waals surface area (Å²) in [6.07, 6.45) is -2.64. The van der Waals surface area contributed by atoms with Gasteiger partial charge < -0.3 is 19.8 Å². The minimum atomic E-state index is -3.22. The number of piperidine rings is 1. The first-order valence-corrected chi connectivity index (χ1v) is 13.2. The quantitative estimate of drug-likeness (QED) is 0.654. The van der Waals surface area contributed by atoms with Crippen molar-refractivity contribution >= 4 is 17.5 Å². The lowest BCUT2D eigenvalue weighted by Gasteiger charge is -2.37. The molecule has 1 aromatic carbocycles. The summed E-state index contributed by atoms with van der Waals surface area (Å²) in [7, 11) is 0. The van der Waals surface area contributed by atoms with Crippen LogP contribution in [0.5, 0.6) is 0 Å². The molecular weight excluding hydrogens is 499 g/mol. The van der Waals surface area contributed by atoms with Crippen LogP contribution in [0.15, 0.2) is 18.2 Å². The van der Waals surface area contributed by atoms with E-state index in [0.717, 1.165) is 10.4 Å². The maximum Gasteiger partial charge on any atom is 0.289 e. The van der Waals surface area contributed by atoms with Gasteiger partial charge in [0.1, 0.15) is 18.4 Å². The Hall–Kier alpha value is -3.08. The highest BCUT2D eigenvalue weighted by molar-refractivity contribution is 5.94. The van der Waals surface area contributed by atoms with Crippen molar-refractivity contribution in [1.29, 1.82) is 0 Å². The number of hydrogen-bond donors (Lipinski definition) is 1. The van der Waals surface area contributed by atoms with Crippen LogP contribution in [0.1, 0.15) is 52.1 Å². The molecular formula is C27H34F3N5O3. The van der Waals surface area contributed by atoms with Crippen molar-refractivity contribution in [2.45, 2.75) is 64.3 Å². The molecule has 0 radical (unpaired) electrons. The minimum Gasteiger partial charge on any atom is -0.390 e. The molecule has 1 aromatic heterocycles. The van der Waals surface area contributed by atoms with Crippen molar-refractivity contribution < 1.29 is 27.9 Å². The topological polar surface area (TPSA) is 81.9 Å². The van der Waals surface area contributed by atoms with Gasteiger partial charge in [0.05, 0.1) is 12.6 Å². The second kappa shape index (κ2) is 10.2. The number of rotatable bonds is 4. The number of amides is 2. The van der Waals surface area contributed by atoms with Gasteiger partial charge in [0.25, 0.3) is 11.8 Å². The molecule has 3 heterocycles. The van der Waals surface area contributed by atoms with Crippen LogP contribution in [0.25, 0.3) is 0 Å². The Morgan fingerprint density at radius 2 is 1.84 bits per heavy atom. The number of nitrogens with zero attached hydrogens (tertiary/aromatic N) is 5. The number of aryl methyl sites for hydroxylation is 1. The SMILES string of the molecule is Cc1cccc(N2CCN(C(=O)Cn3nc(C(=O)N4CC[C@H](O)[C@H](F)C4)c4c3C(F)(F)CCC4)CC2)c1C. The van der Waals surface area contributed by atoms with Crippen LogP contribution in [-0.2, 0) is 23.7 Å². The Morgan fingerprint density at radius 3 is 2.55 bits per heavy atom. The standard InChI is InChI=1S/C27H34F3N5O3/c1-17-5-3-7-21(18(17)2)32-11-13-33(14-12-32)23(37)16-35-25-19(6-4-9-27(25,29)30)24(31-35)26(38)34-10-8-22(36)20(28)15-34/h3,5,7,20,22,36H,4,6,8-16H2,1-2H3/t20-,22+/m1/s1. The number of carbonyl (C=O) groups excluding carboxylic acids is 2. The second-order valence-corrected chi connectivity index (χ2v) is 10.6. The Balaban J connectivity index is 1.33. The smallest absolute Gasteiger partial charge is 0.289 e. The Bertz CT molecular complexity index is 1220. The van der Waals surface area contributed by atoms with Crippen molar-refractivity contribution in [2.75, 3.05) is 44.2 Å². The van der Waals surface area contributed by atoms with E-state index >= 15 is 8.78 Å². The van der Waals surface area contributed by atoms with Gasteiger partial charge in [-0.3, -0.25) is 14.3 Å².